The Bertz CT molecular complexity index is 683. The standard InChI is InChI=1S/C18H18ClNO3/c19-17-9-2-1-8-16(17)18(21)20-13-5-3-6-14(11-13)23-12-15-7-4-10-22-15/h1-3,5-6,8-9,11,15H,4,7,10,12H2,(H,20,21)/t15-/m1/s1. The normalized spacial score (nSPS) is 17.0. The molecule has 0 radical (unpaired) electrons. The Morgan fingerprint density at radius 1 is 1.26 bits per heavy atom. The first-order valence-corrected chi connectivity index (χ1v) is 8.00. The Kier molecular flexibility index (Phi) is 5.16. The van der Waals surface area contributed by atoms with Crippen LogP contribution in [0.2, 0.25) is 5.02 Å². The van der Waals surface area contributed by atoms with Crippen molar-refractivity contribution in [3.05, 3.63) is 59.1 Å². The summed E-state index contributed by atoms with van der Waals surface area (Å²) in [4.78, 5) is 12.3. The Hall–Kier alpha value is -2.04. The van der Waals surface area contributed by atoms with Crippen LogP contribution < -0.4 is 10.1 Å². The smallest absolute Gasteiger partial charge is 0.257 e. The fourth-order valence-electron chi connectivity index (χ4n) is 2.47. The van der Waals surface area contributed by atoms with E-state index in [0.29, 0.717) is 28.6 Å². The molecule has 0 aliphatic carbocycles. The molecular weight excluding hydrogens is 314 g/mol. The summed E-state index contributed by atoms with van der Waals surface area (Å²) in [5.41, 5.74) is 1.11. The summed E-state index contributed by atoms with van der Waals surface area (Å²) in [6.45, 7) is 1.34. The van der Waals surface area contributed by atoms with E-state index in [4.69, 9.17) is 21.1 Å². The molecule has 120 valence electrons. The van der Waals surface area contributed by atoms with Gasteiger partial charge in [-0.05, 0) is 37.1 Å². The second-order valence-corrected chi connectivity index (χ2v) is 5.82. The van der Waals surface area contributed by atoms with Crippen LogP contribution in [-0.2, 0) is 4.74 Å². The lowest BCUT2D eigenvalue weighted by Crippen LogP contribution is -2.16. The Morgan fingerprint density at radius 3 is 2.91 bits per heavy atom. The van der Waals surface area contributed by atoms with Crippen LogP contribution in [0.5, 0.6) is 5.75 Å². The SMILES string of the molecule is O=C(Nc1cccc(OC[C@H]2CCCO2)c1)c1ccccc1Cl. The topological polar surface area (TPSA) is 47.6 Å². The van der Waals surface area contributed by atoms with Crippen LogP contribution in [0.4, 0.5) is 5.69 Å². The minimum absolute atomic E-state index is 0.163. The molecule has 1 atom stereocenters. The van der Waals surface area contributed by atoms with Crippen LogP contribution in [0.1, 0.15) is 23.2 Å². The number of anilines is 1. The van der Waals surface area contributed by atoms with Gasteiger partial charge >= 0.3 is 0 Å². The molecule has 1 N–H and O–H groups in total. The molecule has 5 heteroatoms. The van der Waals surface area contributed by atoms with Gasteiger partial charge in [-0.15, -0.1) is 0 Å². The van der Waals surface area contributed by atoms with Gasteiger partial charge in [0, 0.05) is 18.4 Å². The lowest BCUT2D eigenvalue weighted by Gasteiger charge is -2.13. The summed E-state index contributed by atoms with van der Waals surface area (Å²) in [5.74, 6) is 0.462. The van der Waals surface area contributed by atoms with E-state index in [1.165, 1.54) is 0 Å². The second-order valence-electron chi connectivity index (χ2n) is 5.41. The van der Waals surface area contributed by atoms with E-state index in [2.05, 4.69) is 5.32 Å². The lowest BCUT2D eigenvalue weighted by molar-refractivity contribution is 0.0680. The molecule has 2 aromatic carbocycles. The largest absolute Gasteiger partial charge is 0.491 e. The maximum Gasteiger partial charge on any atom is 0.257 e. The van der Waals surface area contributed by atoms with Crippen molar-refractivity contribution in [3.8, 4) is 5.75 Å². The highest BCUT2D eigenvalue weighted by atomic mass is 35.5. The van der Waals surface area contributed by atoms with E-state index in [-0.39, 0.29) is 12.0 Å². The average Bonchev–Trinajstić information content (AvgIpc) is 3.07. The first-order valence-electron chi connectivity index (χ1n) is 7.63. The van der Waals surface area contributed by atoms with Gasteiger partial charge in [0.15, 0.2) is 0 Å². The van der Waals surface area contributed by atoms with Gasteiger partial charge in [-0.2, -0.15) is 0 Å². The third-order valence-electron chi connectivity index (χ3n) is 3.67. The number of amides is 1. The maximum absolute atomic E-state index is 12.3. The number of carbonyl (C=O) groups excluding carboxylic acids is 1. The van der Waals surface area contributed by atoms with Crippen molar-refractivity contribution < 1.29 is 14.3 Å². The van der Waals surface area contributed by atoms with E-state index < -0.39 is 0 Å². The number of nitrogens with one attached hydrogen (secondary N) is 1. The Balaban J connectivity index is 1.63. The summed E-state index contributed by atoms with van der Waals surface area (Å²) in [6.07, 6.45) is 2.28. The fourth-order valence-corrected chi connectivity index (χ4v) is 2.69. The average molecular weight is 332 g/mol. The molecule has 1 aliphatic rings. The van der Waals surface area contributed by atoms with E-state index in [0.717, 1.165) is 19.4 Å². The molecule has 3 rings (SSSR count). The lowest BCUT2D eigenvalue weighted by atomic mass is 10.2. The van der Waals surface area contributed by atoms with Crippen molar-refractivity contribution in [2.24, 2.45) is 0 Å². The molecule has 0 bridgehead atoms. The molecule has 2 aromatic rings. The number of halogens is 1. The minimum atomic E-state index is -0.244. The third-order valence-corrected chi connectivity index (χ3v) is 4.00. The van der Waals surface area contributed by atoms with Crippen LogP contribution in [0.15, 0.2) is 48.5 Å². The zero-order valence-corrected chi connectivity index (χ0v) is 13.4. The predicted octanol–water partition coefficient (Wildman–Crippen LogP) is 4.15. The van der Waals surface area contributed by atoms with Gasteiger partial charge in [-0.25, -0.2) is 0 Å². The van der Waals surface area contributed by atoms with Crippen molar-refractivity contribution in [2.45, 2.75) is 18.9 Å². The Labute approximate surface area is 140 Å². The highest BCUT2D eigenvalue weighted by Gasteiger charge is 2.16. The summed E-state index contributed by atoms with van der Waals surface area (Å²) in [6, 6.07) is 14.3. The van der Waals surface area contributed by atoms with Gasteiger partial charge in [-0.3, -0.25) is 4.79 Å². The van der Waals surface area contributed by atoms with E-state index in [9.17, 15) is 4.79 Å². The predicted molar refractivity (Wildman–Crippen MR) is 90.3 cm³/mol. The molecule has 1 aliphatic heterocycles. The summed E-state index contributed by atoms with van der Waals surface area (Å²) in [7, 11) is 0. The third kappa shape index (κ3) is 4.24. The number of carbonyl (C=O) groups is 1. The molecule has 0 aromatic heterocycles. The zero-order chi connectivity index (χ0) is 16.1. The van der Waals surface area contributed by atoms with Crippen molar-refractivity contribution in [1.29, 1.82) is 0 Å². The van der Waals surface area contributed by atoms with Gasteiger partial charge in [0.05, 0.1) is 16.7 Å². The van der Waals surface area contributed by atoms with E-state index in [1.807, 2.05) is 18.2 Å². The van der Waals surface area contributed by atoms with Crippen LogP contribution in [0.3, 0.4) is 0 Å². The van der Waals surface area contributed by atoms with E-state index >= 15 is 0 Å². The van der Waals surface area contributed by atoms with Crippen LogP contribution in [-0.4, -0.2) is 25.2 Å². The zero-order valence-electron chi connectivity index (χ0n) is 12.6. The molecule has 4 nitrogen and oxygen atoms in total. The number of rotatable bonds is 5. The summed E-state index contributed by atoms with van der Waals surface area (Å²) in [5, 5.41) is 3.26. The van der Waals surface area contributed by atoms with Gasteiger partial charge < -0.3 is 14.8 Å². The molecule has 23 heavy (non-hydrogen) atoms. The highest BCUT2D eigenvalue weighted by Crippen LogP contribution is 2.21. The van der Waals surface area contributed by atoms with Crippen LogP contribution >= 0.6 is 11.6 Å². The van der Waals surface area contributed by atoms with Crippen molar-refractivity contribution in [2.75, 3.05) is 18.5 Å². The molecule has 1 saturated heterocycles. The highest BCUT2D eigenvalue weighted by molar-refractivity contribution is 6.34. The number of benzene rings is 2. The molecule has 0 unspecified atom stereocenters. The van der Waals surface area contributed by atoms with Crippen molar-refractivity contribution in [1.82, 2.24) is 0 Å². The Morgan fingerprint density at radius 2 is 2.13 bits per heavy atom. The first-order chi connectivity index (χ1) is 11.2. The number of hydrogen-bond donors (Lipinski definition) is 1. The summed E-state index contributed by atoms with van der Waals surface area (Å²) < 4.78 is 11.3. The molecule has 1 amide bonds. The van der Waals surface area contributed by atoms with Gasteiger partial charge in [0.1, 0.15) is 12.4 Å². The first kappa shape index (κ1) is 15.8. The van der Waals surface area contributed by atoms with Gasteiger partial charge in [-0.1, -0.05) is 29.8 Å². The molecule has 1 fully saturated rings. The van der Waals surface area contributed by atoms with Crippen molar-refractivity contribution in [3.63, 3.8) is 0 Å². The maximum atomic E-state index is 12.3. The van der Waals surface area contributed by atoms with Crippen LogP contribution in [0, 0.1) is 0 Å². The van der Waals surface area contributed by atoms with Crippen LogP contribution in [0.25, 0.3) is 0 Å². The van der Waals surface area contributed by atoms with Gasteiger partial charge in [0.2, 0.25) is 0 Å². The fraction of sp³-hybridized carbons (Fsp3) is 0.278. The van der Waals surface area contributed by atoms with E-state index in [1.54, 1.807) is 30.3 Å². The van der Waals surface area contributed by atoms with Gasteiger partial charge in [0.25, 0.3) is 5.91 Å². The molecule has 0 spiro atoms. The van der Waals surface area contributed by atoms with Crippen molar-refractivity contribution >= 4 is 23.2 Å². The molecule has 1 heterocycles. The summed E-state index contributed by atoms with van der Waals surface area (Å²) >= 11 is 6.04. The molecular formula is C18H18ClNO3. The number of hydrogen-bond acceptors (Lipinski definition) is 3. The minimum Gasteiger partial charge on any atom is -0.491 e. The second kappa shape index (κ2) is 7.49. The molecule has 0 saturated carbocycles. The monoisotopic (exact) mass is 331 g/mol. The number of ether oxygens (including phenoxy) is 2. The quantitative estimate of drug-likeness (QED) is 0.895.